The number of carbonyl (C=O) groups is 2. The molecule has 0 aromatic carbocycles. The molecule has 1 aromatic heterocycles. The van der Waals surface area contributed by atoms with Gasteiger partial charge in [-0.1, -0.05) is 13.8 Å². The highest BCUT2D eigenvalue weighted by Crippen LogP contribution is 2.34. The van der Waals surface area contributed by atoms with Crippen LogP contribution in [-0.2, 0) is 17.8 Å². The average Bonchev–Trinajstić information content (AvgIpc) is 3.29. The number of thioether (sulfide) groups is 1. The van der Waals surface area contributed by atoms with Gasteiger partial charge in [0.15, 0.2) is 0 Å². The number of hydrogen-bond acceptors (Lipinski definition) is 5. The van der Waals surface area contributed by atoms with Crippen molar-refractivity contribution >= 4 is 23.7 Å². The summed E-state index contributed by atoms with van der Waals surface area (Å²) in [6.07, 6.45) is 4.61. The fraction of sp³-hybridized carbons (Fsp3) is 0.765. The van der Waals surface area contributed by atoms with Crippen molar-refractivity contribution in [1.29, 1.82) is 0 Å². The summed E-state index contributed by atoms with van der Waals surface area (Å²) < 4.78 is 1.96. The van der Waals surface area contributed by atoms with E-state index in [1.165, 1.54) is 0 Å². The molecule has 26 heavy (non-hydrogen) atoms. The minimum Gasteiger partial charge on any atom is -0.338 e. The summed E-state index contributed by atoms with van der Waals surface area (Å²) in [6, 6.07) is -0.0629. The van der Waals surface area contributed by atoms with Crippen LogP contribution in [0.15, 0.2) is 6.33 Å². The van der Waals surface area contributed by atoms with E-state index >= 15 is 0 Å². The van der Waals surface area contributed by atoms with Gasteiger partial charge >= 0.3 is 6.03 Å². The van der Waals surface area contributed by atoms with E-state index in [4.69, 9.17) is 0 Å². The minimum atomic E-state index is -0.0629. The van der Waals surface area contributed by atoms with Gasteiger partial charge in [0.1, 0.15) is 12.2 Å². The summed E-state index contributed by atoms with van der Waals surface area (Å²) >= 11 is 1.79. The molecule has 2 aliphatic rings. The Hall–Kier alpha value is -1.77. The molecule has 9 heteroatoms. The van der Waals surface area contributed by atoms with Crippen LogP contribution in [0, 0.1) is 0 Å². The number of nitrogens with zero attached hydrogens (tertiary/aromatic N) is 5. The molecule has 3 heterocycles. The molecule has 1 N–H and O–H groups in total. The molecular formula is C17H28N6O2S. The first-order chi connectivity index (χ1) is 12.6. The lowest BCUT2D eigenvalue weighted by Crippen LogP contribution is -2.54. The quantitative estimate of drug-likeness (QED) is 0.823. The Morgan fingerprint density at radius 1 is 1.23 bits per heavy atom. The van der Waals surface area contributed by atoms with Gasteiger partial charge in [0, 0.05) is 50.9 Å². The number of nitrogens with one attached hydrogen (secondary N) is 1. The molecule has 3 rings (SSSR count). The first-order valence-electron chi connectivity index (χ1n) is 9.42. The summed E-state index contributed by atoms with van der Waals surface area (Å²) in [5.74, 6) is 1.17. The van der Waals surface area contributed by atoms with Gasteiger partial charge in [-0.2, -0.15) is 0 Å². The first-order valence-corrected chi connectivity index (χ1v) is 10.4. The predicted molar refractivity (Wildman–Crippen MR) is 101 cm³/mol. The molecule has 144 valence electrons. The van der Waals surface area contributed by atoms with E-state index in [0.29, 0.717) is 44.5 Å². The lowest BCUT2D eigenvalue weighted by molar-refractivity contribution is -0.132. The molecule has 8 nitrogen and oxygen atoms in total. The van der Waals surface area contributed by atoms with Crippen LogP contribution in [0.5, 0.6) is 0 Å². The van der Waals surface area contributed by atoms with Crippen LogP contribution < -0.4 is 5.32 Å². The summed E-state index contributed by atoms with van der Waals surface area (Å²) in [6.45, 7) is 7.87. The van der Waals surface area contributed by atoms with Crippen LogP contribution in [0.2, 0.25) is 0 Å². The summed E-state index contributed by atoms with van der Waals surface area (Å²) in [7, 11) is 0. The highest BCUT2D eigenvalue weighted by Gasteiger charge is 2.33. The van der Waals surface area contributed by atoms with E-state index in [1.807, 2.05) is 16.4 Å². The van der Waals surface area contributed by atoms with E-state index in [1.54, 1.807) is 23.0 Å². The Morgan fingerprint density at radius 3 is 2.62 bits per heavy atom. The zero-order valence-electron chi connectivity index (χ0n) is 15.6. The van der Waals surface area contributed by atoms with Gasteiger partial charge in [0.2, 0.25) is 5.91 Å². The van der Waals surface area contributed by atoms with Crippen LogP contribution in [0.3, 0.4) is 0 Å². The second-order valence-corrected chi connectivity index (χ2v) is 8.50. The van der Waals surface area contributed by atoms with Gasteiger partial charge in [-0.15, -0.1) is 22.0 Å². The summed E-state index contributed by atoms with van der Waals surface area (Å²) in [5.41, 5.74) is 0. The Balaban J connectivity index is 1.38. The van der Waals surface area contributed by atoms with Crippen LogP contribution in [0.1, 0.15) is 32.5 Å². The largest absolute Gasteiger partial charge is 0.338 e. The van der Waals surface area contributed by atoms with E-state index in [0.717, 1.165) is 25.1 Å². The summed E-state index contributed by atoms with van der Waals surface area (Å²) in [5, 5.41) is 11.6. The molecule has 2 fully saturated rings. The predicted octanol–water partition coefficient (Wildman–Crippen LogP) is 0.978. The maximum Gasteiger partial charge on any atom is 0.317 e. The molecule has 0 spiro atoms. The van der Waals surface area contributed by atoms with E-state index in [2.05, 4.69) is 22.4 Å². The number of urea groups is 1. The molecule has 1 aromatic rings. The van der Waals surface area contributed by atoms with E-state index in [9.17, 15) is 9.59 Å². The molecule has 2 unspecified atom stereocenters. The lowest BCUT2D eigenvalue weighted by Gasteiger charge is -2.35. The lowest BCUT2D eigenvalue weighted by atomic mass is 10.2. The number of aryl methyl sites for hydroxylation is 1. The second-order valence-electron chi connectivity index (χ2n) is 6.85. The normalized spacial score (nSPS) is 23.3. The van der Waals surface area contributed by atoms with Crippen molar-refractivity contribution < 1.29 is 9.59 Å². The molecule has 2 aliphatic heterocycles. The number of carbonyl (C=O) groups excluding carboxylic acids is 2. The van der Waals surface area contributed by atoms with Crippen molar-refractivity contribution in [3.63, 3.8) is 0 Å². The Labute approximate surface area is 158 Å². The molecular weight excluding hydrogens is 352 g/mol. The molecule has 0 bridgehead atoms. The number of aromatic nitrogens is 3. The molecule has 2 saturated heterocycles. The Bertz CT molecular complexity index is 629. The first kappa shape index (κ1) is 19.0. The molecule has 3 amide bonds. The maximum atomic E-state index is 12.6. The van der Waals surface area contributed by atoms with Gasteiger partial charge in [-0.25, -0.2) is 4.79 Å². The molecule has 0 saturated carbocycles. The fourth-order valence-corrected chi connectivity index (χ4v) is 4.82. The van der Waals surface area contributed by atoms with Crippen LogP contribution in [-0.4, -0.2) is 79.7 Å². The van der Waals surface area contributed by atoms with Crippen LogP contribution in [0.4, 0.5) is 4.79 Å². The van der Waals surface area contributed by atoms with Crippen LogP contribution >= 0.6 is 11.8 Å². The standard InChI is InChI=1S/C17H28N6O2S/c1-3-15-20-19-12-23(15)7-6-18-17(25)22-10-8-21(9-11-22)16(24)14-5-4-13(2)26-14/h12-14H,3-11H2,1-2H3,(H,18,25). The third kappa shape index (κ3) is 4.49. The van der Waals surface area contributed by atoms with Crippen molar-refractivity contribution in [2.75, 3.05) is 32.7 Å². The molecule has 0 radical (unpaired) electrons. The number of amides is 3. The Kier molecular flexibility index (Phi) is 6.39. The molecule has 0 aliphatic carbocycles. The van der Waals surface area contributed by atoms with Crippen molar-refractivity contribution in [3.8, 4) is 0 Å². The number of piperazine rings is 1. The van der Waals surface area contributed by atoms with Crippen molar-refractivity contribution in [1.82, 2.24) is 29.9 Å². The minimum absolute atomic E-state index is 0.0629. The van der Waals surface area contributed by atoms with Crippen molar-refractivity contribution in [2.24, 2.45) is 0 Å². The third-order valence-corrected chi connectivity index (χ3v) is 6.49. The zero-order chi connectivity index (χ0) is 18.5. The van der Waals surface area contributed by atoms with Gasteiger partial charge in [-0.05, 0) is 12.8 Å². The van der Waals surface area contributed by atoms with Crippen LogP contribution in [0.25, 0.3) is 0 Å². The van der Waals surface area contributed by atoms with Crippen molar-refractivity contribution in [2.45, 2.75) is 50.2 Å². The SMILES string of the molecule is CCc1nncn1CCNC(=O)N1CCN(C(=O)C2CCC(C)S2)CC1. The smallest absolute Gasteiger partial charge is 0.317 e. The monoisotopic (exact) mass is 380 g/mol. The maximum absolute atomic E-state index is 12.6. The van der Waals surface area contributed by atoms with Gasteiger partial charge < -0.3 is 19.7 Å². The van der Waals surface area contributed by atoms with E-state index in [-0.39, 0.29) is 17.2 Å². The fourth-order valence-electron chi connectivity index (χ4n) is 3.45. The highest BCUT2D eigenvalue weighted by atomic mass is 32.2. The van der Waals surface area contributed by atoms with E-state index < -0.39 is 0 Å². The molecule has 2 atom stereocenters. The van der Waals surface area contributed by atoms with Gasteiger partial charge in [0.25, 0.3) is 0 Å². The van der Waals surface area contributed by atoms with Gasteiger partial charge in [-0.3, -0.25) is 4.79 Å². The number of hydrogen-bond donors (Lipinski definition) is 1. The topological polar surface area (TPSA) is 83.4 Å². The zero-order valence-corrected chi connectivity index (χ0v) is 16.4. The highest BCUT2D eigenvalue weighted by molar-refractivity contribution is 8.01. The summed E-state index contributed by atoms with van der Waals surface area (Å²) in [4.78, 5) is 28.6. The van der Waals surface area contributed by atoms with Gasteiger partial charge in [0.05, 0.1) is 5.25 Å². The van der Waals surface area contributed by atoms with Crippen molar-refractivity contribution in [3.05, 3.63) is 12.2 Å². The average molecular weight is 381 g/mol. The second kappa shape index (κ2) is 8.75. The number of rotatable bonds is 5. The Morgan fingerprint density at radius 2 is 1.96 bits per heavy atom. The third-order valence-electron chi connectivity index (χ3n) is 5.03.